The van der Waals surface area contributed by atoms with Crippen molar-refractivity contribution in [1.82, 2.24) is 4.90 Å². The van der Waals surface area contributed by atoms with Crippen LogP contribution >= 0.6 is 0 Å². The normalized spacial score (nSPS) is 13.6. The molecule has 0 bridgehead atoms. The minimum atomic E-state index is -0.483. The van der Waals surface area contributed by atoms with Crippen LogP contribution in [0.15, 0.2) is 42.5 Å². The number of methoxy groups -OCH3 is 2. The molecule has 0 unspecified atom stereocenters. The first-order valence-electron chi connectivity index (χ1n) is 9.61. The lowest BCUT2D eigenvalue weighted by molar-refractivity contribution is -0.129. The van der Waals surface area contributed by atoms with Gasteiger partial charge in [0.2, 0.25) is 5.91 Å². The number of hydrogen-bond donors (Lipinski definition) is 1. The lowest BCUT2D eigenvalue weighted by Gasteiger charge is -2.36. The van der Waals surface area contributed by atoms with Gasteiger partial charge in [0.1, 0.15) is 5.75 Å². The Morgan fingerprint density at radius 1 is 0.900 bits per heavy atom. The summed E-state index contributed by atoms with van der Waals surface area (Å²) in [5, 5.41) is 2.91. The summed E-state index contributed by atoms with van der Waals surface area (Å²) >= 11 is 0. The van der Waals surface area contributed by atoms with E-state index in [1.807, 2.05) is 0 Å². The Morgan fingerprint density at radius 3 is 2.10 bits per heavy atom. The van der Waals surface area contributed by atoms with Gasteiger partial charge in [-0.3, -0.25) is 9.59 Å². The molecular formula is C22H25N3O5. The average Bonchev–Trinajstić information content (AvgIpc) is 2.78. The zero-order valence-electron chi connectivity index (χ0n) is 17.3. The average molecular weight is 411 g/mol. The Labute approximate surface area is 175 Å². The number of piperazine rings is 1. The Bertz CT molecular complexity index is 934. The Kier molecular flexibility index (Phi) is 6.56. The number of carbonyl (C=O) groups excluding carboxylic acids is 3. The minimum absolute atomic E-state index is 0.0451. The van der Waals surface area contributed by atoms with Crippen molar-refractivity contribution in [2.45, 2.75) is 6.92 Å². The summed E-state index contributed by atoms with van der Waals surface area (Å²) in [7, 11) is 2.87. The second kappa shape index (κ2) is 9.30. The number of carbonyl (C=O) groups is 3. The molecule has 30 heavy (non-hydrogen) atoms. The van der Waals surface area contributed by atoms with E-state index in [4.69, 9.17) is 9.47 Å². The van der Waals surface area contributed by atoms with Crippen molar-refractivity contribution in [3.63, 3.8) is 0 Å². The fourth-order valence-corrected chi connectivity index (χ4v) is 3.36. The fraction of sp³-hybridized carbons (Fsp3) is 0.318. The number of nitrogens with zero attached hydrogens (tertiary/aromatic N) is 2. The van der Waals surface area contributed by atoms with Crippen LogP contribution in [0.3, 0.4) is 0 Å². The van der Waals surface area contributed by atoms with Crippen LogP contribution in [0.25, 0.3) is 0 Å². The van der Waals surface area contributed by atoms with Gasteiger partial charge in [-0.2, -0.15) is 0 Å². The molecule has 0 spiro atoms. The topological polar surface area (TPSA) is 88.2 Å². The predicted octanol–water partition coefficient (Wildman–Crippen LogP) is 2.40. The third-order valence-corrected chi connectivity index (χ3v) is 5.08. The minimum Gasteiger partial charge on any atom is -0.497 e. The van der Waals surface area contributed by atoms with Crippen LogP contribution in [-0.2, 0) is 9.53 Å². The Morgan fingerprint density at radius 2 is 1.53 bits per heavy atom. The van der Waals surface area contributed by atoms with Gasteiger partial charge in [-0.05, 0) is 42.5 Å². The summed E-state index contributed by atoms with van der Waals surface area (Å²) in [6.07, 6.45) is 0. The number of benzene rings is 2. The maximum absolute atomic E-state index is 12.8. The van der Waals surface area contributed by atoms with Crippen LogP contribution in [0.5, 0.6) is 5.75 Å². The molecule has 158 valence electrons. The molecular weight excluding hydrogens is 386 g/mol. The van der Waals surface area contributed by atoms with Crippen molar-refractivity contribution in [2.75, 3.05) is 50.6 Å². The summed E-state index contributed by atoms with van der Waals surface area (Å²) in [5.41, 5.74) is 2.10. The van der Waals surface area contributed by atoms with Crippen molar-refractivity contribution >= 4 is 29.2 Å². The maximum Gasteiger partial charge on any atom is 0.337 e. The highest BCUT2D eigenvalue weighted by Gasteiger charge is 2.22. The molecule has 0 aromatic heterocycles. The molecule has 3 rings (SSSR count). The van der Waals surface area contributed by atoms with Gasteiger partial charge in [-0.1, -0.05) is 0 Å². The molecule has 1 fully saturated rings. The van der Waals surface area contributed by atoms with Gasteiger partial charge in [0, 0.05) is 38.7 Å². The largest absolute Gasteiger partial charge is 0.497 e. The summed E-state index contributed by atoms with van der Waals surface area (Å²) in [5.74, 6) is -0.0850. The second-order valence-electron chi connectivity index (χ2n) is 6.90. The second-order valence-corrected chi connectivity index (χ2v) is 6.90. The van der Waals surface area contributed by atoms with Gasteiger partial charge in [-0.25, -0.2) is 4.79 Å². The van der Waals surface area contributed by atoms with E-state index in [-0.39, 0.29) is 11.8 Å². The van der Waals surface area contributed by atoms with E-state index in [1.54, 1.807) is 61.4 Å². The fourth-order valence-electron chi connectivity index (χ4n) is 3.36. The molecule has 1 saturated heterocycles. The van der Waals surface area contributed by atoms with Gasteiger partial charge < -0.3 is 24.6 Å². The van der Waals surface area contributed by atoms with Crippen molar-refractivity contribution < 1.29 is 23.9 Å². The monoisotopic (exact) mass is 411 g/mol. The van der Waals surface area contributed by atoms with Crippen molar-refractivity contribution in [2.24, 2.45) is 0 Å². The van der Waals surface area contributed by atoms with Crippen LogP contribution < -0.4 is 15.0 Å². The van der Waals surface area contributed by atoms with Crippen molar-refractivity contribution in [3.8, 4) is 5.75 Å². The summed E-state index contributed by atoms with van der Waals surface area (Å²) in [6.45, 7) is 4.01. The quantitative estimate of drug-likeness (QED) is 0.761. The first-order valence-corrected chi connectivity index (χ1v) is 9.61. The van der Waals surface area contributed by atoms with Crippen LogP contribution in [0, 0.1) is 0 Å². The molecule has 0 radical (unpaired) electrons. The maximum atomic E-state index is 12.8. The molecule has 0 atom stereocenters. The molecule has 1 N–H and O–H groups in total. The number of esters is 1. The van der Waals surface area contributed by atoms with E-state index in [1.165, 1.54) is 7.11 Å². The van der Waals surface area contributed by atoms with Gasteiger partial charge in [-0.15, -0.1) is 0 Å². The molecule has 2 aromatic carbocycles. The number of rotatable bonds is 5. The van der Waals surface area contributed by atoms with Gasteiger partial charge >= 0.3 is 5.97 Å². The van der Waals surface area contributed by atoms with E-state index < -0.39 is 5.97 Å². The highest BCUT2D eigenvalue weighted by atomic mass is 16.5. The number of nitrogens with one attached hydrogen (secondary N) is 1. The van der Waals surface area contributed by atoms with E-state index >= 15 is 0 Å². The van der Waals surface area contributed by atoms with Gasteiger partial charge in [0.05, 0.1) is 31.2 Å². The SMILES string of the molecule is COC(=O)c1ccc(N2CCN(C(C)=O)CC2)c(NC(=O)c2ccc(OC)cc2)c1. The van der Waals surface area contributed by atoms with Crippen molar-refractivity contribution in [3.05, 3.63) is 53.6 Å². The van der Waals surface area contributed by atoms with Crippen LogP contribution in [0.1, 0.15) is 27.6 Å². The highest BCUT2D eigenvalue weighted by molar-refractivity contribution is 6.07. The molecule has 8 heteroatoms. The summed E-state index contributed by atoms with van der Waals surface area (Å²) < 4.78 is 9.94. The zero-order chi connectivity index (χ0) is 21.7. The molecule has 2 aromatic rings. The van der Waals surface area contributed by atoms with E-state index in [2.05, 4.69) is 10.2 Å². The van der Waals surface area contributed by atoms with E-state index in [0.717, 1.165) is 5.69 Å². The molecule has 0 aliphatic carbocycles. The van der Waals surface area contributed by atoms with Crippen LogP contribution in [0.2, 0.25) is 0 Å². The molecule has 8 nitrogen and oxygen atoms in total. The zero-order valence-corrected chi connectivity index (χ0v) is 17.3. The van der Waals surface area contributed by atoms with E-state index in [9.17, 15) is 14.4 Å². The molecule has 1 aliphatic rings. The summed E-state index contributed by atoms with van der Waals surface area (Å²) in [4.78, 5) is 40.3. The Hall–Kier alpha value is -3.55. The summed E-state index contributed by atoms with van der Waals surface area (Å²) in [6, 6.07) is 11.8. The number of hydrogen-bond acceptors (Lipinski definition) is 6. The first kappa shape index (κ1) is 21.2. The van der Waals surface area contributed by atoms with Gasteiger partial charge in [0.15, 0.2) is 0 Å². The number of ether oxygens (including phenoxy) is 2. The lowest BCUT2D eigenvalue weighted by atomic mass is 10.1. The van der Waals surface area contributed by atoms with Crippen LogP contribution in [0.4, 0.5) is 11.4 Å². The van der Waals surface area contributed by atoms with Gasteiger partial charge in [0.25, 0.3) is 5.91 Å². The Balaban J connectivity index is 1.86. The van der Waals surface area contributed by atoms with Crippen molar-refractivity contribution in [1.29, 1.82) is 0 Å². The lowest BCUT2D eigenvalue weighted by Crippen LogP contribution is -2.48. The number of anilines is 2. The molecule has 2 amide bonds. The van der Waals surface area contributed by atoms with Crippen LogP contribution in [-0.4, -0.2) is 63.1 Å². The molecule has 1 heterocycles. The number of amides is 2. The third-order valence-electron chi connectivity index (χ3n) is 5.08. The predicted molar refractivity (Wildman–Crippen MR) is 113 cm³/mol. The third kappa shape index (κ3) is 4.71. The van der Waals surface area contributed by atoms with E-state index in [0.29, 0.717) is 48.7 Å². The highest BCUT2D eigenvalue weighted by Crippen LogP contribution is 2.29. The smallest absolute Gasteiger partial charge is 0.337 e. The first-order chi connectivity index (χ1) is 14.4. The molecule has 0 saturated carbocycles. The standard InChI is InChI=1S/C22H25N3O5/c1-15(26)24-10-12-25(13-11-24)20-9-6-17(22(28)30-3)14-19(20)23-21(27)16-4-7-18(29-2)8-5-16/h4-9,14H,10-13H2,1-3H3,(H,23,27). The molecule has 1 aliphatic heterocycles.